The molecule has 0 spiro atoms. The predicted octanol–water partition coefficient (Wildman–Crippen LogP) is 3.08. The lowest BCUT2D eigenvalue weighted by Gasteiger charge is -2.09. The second-order valence-corrected chi connectivity index (χ2v) is 4.93. The van der Waals surface area contributed by atoms with Crippen LogP contribution in [0, 0.1) is 0 Å². The normalized spacial score (nSPS) is 10.0. The second-order valence-electron chi connectivity index (χ2n) is 4.49. The lowest BCUT2D eigenvalue weighted by atomic mass is 10.2. The number of amides is 1. The average Bonchev–Trinajstić information content (AvgIpc) is 2.52. The van der Waals surface area contributed by atoms with Gasteiger partial charge in [0.25, 0.3) is 0 Å². The maximum absolute atomic E-state index is 11.8. The van der Waals surface area contributed by atoms with Crippen LogP contribution in [0.3, 0.4) is 0 Å². The fraction of sp³-hybridized carbons (Fsp3) is 0.188. The van der Waals surface area contributed by atoms with Gasteiger partial charge in [-0.25, -0.2) is 0 Å². The Morgan fingerprint density at radius 3 is 2.67 bits per heavy atom. The number of nitrogens with one attached hydrogen (secondary N) is 2. The number of hydrogen-bond acceptors (Lipinski definition) is 3. The summed E-state index contributed by atoms with van der Waals surface area (Å²) in [4.78, 5) is 11.8. The zero-order chi connectivity index (χ0) is 15.1. The van der Waals surface area contributed by atoms with E-state index in [4.69, 9.17) is 16.3 Å². The molecule has 0 radical (unpaired) electrons. The van der Waals surface area contributed by atoms with Gasteiger partial charge < -0.3 is 15.4 Å². The first-order chi connectivity index (χ1) is 10.2. The summed E-state index contributed by atoms with van der Waals surface area (Å²) in [5.41, 5.74) is 1.85. The van der Waals surface area contributed by atoms with Crippen LogP contribution >= 0.6 is 11.6 Å². The summed E-state index contributed by atoms with van der Waals surface area (Å²) in [7, 11) is 1.62. The molecule has 110 valence electrons. The first-order valence-electron chi connectivity index (χ1n) is 6.56. The molecule has 0 aliphatic carbocycles. The Hall–Kier alpha value is -2.20. The zero-order valence-electron chi connectivity index (χ0n) is 11.7. The van der Waals surface area contributed by atoms with Gasteiger partial charge in [0.05, 0.1) is 13.7 Å². The van der Waals surface area contributed by atoms with Crippen LogP contribution < -0.4 is 15.4 Å². The van der Waals surface area contributed by atoms with Gasteiger partial charge in [-0.05, 0) is 42.0 Å². The van der Waals surface area contributed by atoms with Crippen molar-refractivity contribution in [1.82, 2.24) is 5.32 Å². The number of ether oxygens (including phenoxy) is 1. The molecule has 0 fully saturated rings. The maximum atomic E-state index is 11.8. The smallest absolute Gasteiger partial charge is 0.239 e. The molecule has 2 rings (SSSR count). The van der Waals surface area contributed by atoms with Crippen molar-refractivity contribution in [3.63, 3.8) is 0 Å². The number of rotatable bonds is 6. The van der Waals surface area contributed by atoms with E-state index in [0.29, 0.717) is 11.6 Å². The van der Waals surface area contributed by atoms with Crippen LogP contribution in [0.5, 0.6) is 5.75 Å². The van der Waals surface area contributed by atoms with Gasteiger partial charge in [0.1, 0.15) is 5.75 Å². The quantitative estimate of drug-likeness (QED) is 0.862. The van der Waals surface area contributed by atoms with E-state index in [1.54, 1.807) is 19.2 Å². The Morgan fingerprint density at radius 2 is 1.95 bits per heavy atom. The van der Waals surface area contributed by atoms with Gasteiger partial charge in [0, 0.05) is 17.3 Å². The Kier molecular flexibility index (Phi) is 5.46. The van der Waals surface area contributed by atoms with E-state index in [1.807, 2.05) is 36.4 Å². The van der Waals surface area contributed by atoms with Crippen molar-refractivity contribution in [2.75, 3.05) is 19.0 Å². The standard InChI is InChI=1S/C16H17ClN2O2/c1-21-15-4-2-3-12(9-15)10-19-16(20)11-18-14-7-5-13(17)6-8-14/h2-9,18H,10-11H2,1H3,(H,19,20). The minimum absolute atomic E-state index is 0.0761. The molecule has 0 aliphatic heterocycles. The van der Waals surface area contributed by atoms with E-state index in [0.717, 1.165) is 17.0 Å². The molecule has 0 saturated heterocycles. The van der Waals surface area contributed by atoms with E-state index in [2.05, 4.69) is 10.6 Å². The number of carbonyl (C=O) groups is 1. The third-order valence-corrected chi connectivity index (χ3v) is 3.17. The van der Waals surface area contributed by atoms with E-state index in [9.17, 15) is 4.79 Å². The van der Waals surface area contributed by atoms with E-state index in [1.165, 1.54) is 0 Å². The second kappa shape index (κ2) is 7.55. The molecule has 0 bridgehead atoms. The van der Waals surface area contributed by atoms with Crippen molar-refractivity contribution in [2.24, 2.45) is 0 Å². The van der Waals surface area contributed by atoms with Gasteiger partial charge in [-0.3, -0.25) is 4.79 Å². The summed E-state index contributed by atoms with van der Waals surface area (Å²) in [6.07, 6.45) is 0. The van der Waals surface area contributed by atoms with Gasteiger partial charge in [-0.2, -0.15) is 0 Å². The van der Waals surface area contributed by atoms with Gasteiger partial charge in [0.15, 0.2) is 0 Å². The fourth-order valence-electron chi connectivity index (χ4n) is 1.80. The van der Waals surface area contributed by atoms with Gasteiger partial charge in [0.2, 0.25) is 5.91 Å². The molecule has 2 aromatic rings. The molecule has 0 saturated carbocycles. The number of hydrogen-bond donors (Lipinski definition) is 2. The predicted molar refractivity (Wildman–Crippen MR) is 84.8 cm³/mol. The number of anilines is 1. The number of methoxy groups -OCH3 is 1. The number of halogens is 1. The topological polar surface area (TPSA) is 50.4 Å². The molecule has 21 heavy (non-hydrogen) atoms. The third kappa shape index (κ3) is 5.00. The molecule has 2 aromatic carbocycles. The zero-order valence-corrected chi connectivity index (χ0v) is 12.5. The third-order valence-electron chi connectivity index (χ3n) is 2.92. The van der Waals surface area contributed by atoms with Crippen molar-refractivity contribution >= 4 is 23.2 Å². The maximum Gasteiger partial charge on any atom is 0.239 e. The molecular formula is C16H17ClN2O2. The van der Waals surface area contributed by atoms with Gasteiger partial charge in [-0.1, -0.05) is 23.7 Å². The minimum Gasteiger partial charge on any atom is -0.497 e. The molecule has 0 atom stereocenters. The highest BCUT2D eigenvalue weighted by molar-refractivity contribution is 6.30. The molecule has 0 unspecified atom stereocenters. The number of carbonyl (C=O) groups excluding carboxylic acids is 1. The van der Waals surface area contributed by atoms with Crippen molar-refractivity contribution in [3.8, 4) is 5.75 Å². The SMILES string of the molecule is COc1cccc(CNC(=O)CNc2ccc(Cl)cc2)c1. The first-order valence-corrected chi connectivity index (χ1v) is 6.94. The molecular weight excluding hydrogens is 288 g/mol. The van der Waals surface area contributed by atoms with Crippen molar-refractivity contribution < 1.29 is 9.53 Å². The van der Waals surface area contributed by atoms with E-state index < -0.39 is 0 Å². The lowest BCUT2D eigenvalue weighted by molar-refractivity contribution is -0.119. The van der Waals surface area contributed by atoms with Crippen LogP contribution in [0.1, 0.15) is 5.56 Å². The Bertz CT molecular complexity index is 599. The average molecular weight is 305 g/mol. The Morgan fingerprint density at radius 1 is 1.19 bits per heavy atom. The highest BCUT2D eigenvalue weighted by Gasteiger charge is 2.02. The lowest BCUT2D eigenvalue weighted by Crippen LogP contribution is -2.29. The van der Waals surface area contributed by atoms with Crippen molar-refractivity contribution in [2.45, 2.75) is 6.54 Å². The highest BCUT2D eigenvalue weighted by Crippen LogP contribution is 2.13. The summed E-state index contributed by atoms with van der Waals surface area (Å²) < 4.78 is 5.14. The highest BCUT2D eigenvalue weighted by atomic mass is 35.5. The van der Waals surface area contributed by atoms with Gasteiger partial charge >= 0.3 is 0 Å². The Balaban J connectivity index is 1.78. The van der Waals surface area contributed by atoms with Crippen LogP contribution in [0.2, 0.25) is 5.02 Å². The minimum atomic E-state index is -0.0761. The monoisotopic (exact) mass is 304 g/mol. The molecule has 2 N–H and O–H groups in total. The van der Waals surface area contributed by atoms with Crippen LogP contribution in [-0.2, 0) is 11.3 Å². The van der Waals surface area contributed by atoms with Crippen molar-refractivity contribution in [1.29, 1.82) is 0 Å². The Labute approximate surface area is 129 Å². The van der Waals surface area contributed by atoms with Crippen molar-refractivity contribution in [3.05, 3.63) is 59.1 Å². The van der Waals surface area contributed by atoms with E-state index >= 15 is 0 Å². The molecule has 0 heterocycles. The largest absolute Gasteiger partial charge is 0.497 e. The summed E-state index contributed by atoms with van der Waals surface area (Å²) in [5.74, 6) is 0.703. The summed E-state index contributed by atoms with van der Waals surface area (Å²) in [5, 5.41) is 6.55. The molecule has 1 amide bonds. The van der Waals surface area contributed by atoms with Crippen LogP contribution in [0.15, 0.2) is 48.5 Å². The van der Waals surface area contributed by atoms with E-state index in [-0.39, 0.29) is 12.5 Å². The summed E-state index contributed by atoms with van der Waals surface area (Å²) >= 11 is 5.80. The number of benzene rings is 2. The first kappa shape index (κ1) is 15.2. The van der Waals surface area contributed by atoms with Crippen LogP contribution in [-0.4, -0.2) is 19.6 Å². The molecule has 0 aromatic heterocycles. The molecule has 5 heteroatoms. The summed E-state index contributed by atoms with van der Waals surface area (Å²) in [6, 6.07) is 14.8. The molecule has 0 aliphatic rings. The summed E-state index contributed by atoms with van der Waals surface area (Å²) in [6.45, 7) is 0.684. The van der Waals surface area contributed by atoms with Gasteiger partial charge in [-0.15, -0.1) is 0 Å². The molecule has 4 nitrogen and oxygen atoms in total. The fourth-order valence-corrected chi connectivity index (χ4v) is 1.92. The van der Waals surface area contributed by atoms with Crippen LogP contribution in [0.25, 0.3) is 0 Å². The van der Waals surface area contributed by atoms with Crippen LogP contribution in [0.4, 0.5) is 5.69 Å².